The molecule has 0 spiro atoms. The van der Waals surface area contributed by atoms with Crippen LogP contribution in [0.4, 0.5) is 22.0 Å². The molecule has 0 bridgehead atoms. The molecule has 14 heavy (non-hydrogen) atoms. The van der Waals surface area contributed by atoms with E-state index in [9.17, 15) is 22.0 Å². The van der Waals surface area contributed by atoms with E-state index in [1.165, 1.54) is 0 Å². The summed E-state index contributed by atoms with van der Waals surface area (Å²) in [6.07, 6.45) is -6.48. The van der Waals surface area contributed by atoms with Gasteiger partial charge in [-0.3, -0.25) is 0 Å². The van der Waals surface area contributed by atoms with Gasteiger partial charge in [-0.15, -0.1) is 0 Å². The van der Waals surface area contributed by atoms with Crippen LogP contribution in [0.2, 0.25) is 0 Å². The van der Waals surface area contributed by atoms with Crippen molar-refractivity contribution in [2.75, 3.05) is 26.3 Å². The number of hydrogen-bond donors (Lipinski definition) is 1. The topological polar surface area (TPSA) is 21.3 Å². The van der Waals surface area contributed by atoms with Crippen LogP contribution >= 0.6 is 0 Å². The Morgan fingerprint density at radius 2 is 1.86 bits per heavy atom. The van der Waals surface area contributed by atoms with Gasteiger partial charge in [-0.1, -0.05) is 0 Å². The summed E-state index contributed by atoms with van der Waals surface area (Å²) in [5.41, 5.74) is 0. The molecule has 0 aromatic heterocycles. The van der Waals surface area contributed by atoms with Crippen LogP contribution in [0.25, 0.3) is 0 Å². The van der Waals surface area contributed by atoms with Gasteiger partial charge in [-0.2, -0.15) is 13.2 Å². The molecular weight excluding hydrogens is 209 g/mol. The van der Waals surface area contributed by atoms with Gasteiger partial charge in [0.25, 0.3) is 6.43 Å². The molecule has 2 nitrogen and oxygen atoms in total. The lowest BCUT2D eigenvalue weighted by Gasteiger charge is -2.08. The molecule has 0 aliphatic rings. The Hall–Kier alpha value is -0.430. The van der Waals surface area contributed by atoms with Crippen molar-refractivity contribution in [1.82, 2.24) is 5.32 Å². The molecule has 0 aromatic carbocycles. The number of ether oxygens (including phenoxy) is 1. The molecule has 0 fully saturated rings. The number of rotatable bonds is 7. The van der Waals surface area contributed by atoms with Gasteiger partial charge >= 0.3 is 6.18 Å². The summed E-state index contributed by atoms with van der Waals surface area (Å²) in [7, 11) is 0. The Morgan fingerprint density at radius 3 is 2.36 bits per heavy atom. The normalized spacial score (nSPS) is 12.4. The van der Waals surface area contributed by atoms with Crippen molar-refractivity contribution in [3.05, 3.63) is 0 Å². The second-order valence-corrected chi connectivity index (χ2v) is 2.61. The Bertz CT molecular complexity index is 139. The van der Waals surface area contributed by atoms with Crippen LogP contribution in [-0.4, -0.2) is 38.9 Å². The Labute approximate surface area is 78.4 Å². The van der Waals surface area contributed by atoms with Gasteiger partial charge in [0.2, 0.25) is 0 Å². The van der Waals surface area contributed by atoms with Crippen LogP contribution in [0, 0.1) is 0 Å². The fourth-order valence-electron chi connectivity index (χ4n) is 0.702. The summed E-state index contributed by atoms with van der Waals surface area (Å²) < 4.78 is 62.0. The van der Waals surface area contributed by atoms with E-state index in [1.807, 2.05) is 0 Å². The van der Waals surface area contributed by atoms with E-state index in [-0.39, 0.29) is 19.6 Å². The lowest BCUT2D eigenvalue weighted by atomic mass is 10.4. The van der Waals surface area contributed by atoms with E-state index < -0.39 is 25.8 Å². The third-order valence-corrected chi connectivity index (χ3v) is 1.21. The van der Waals surface area contributed by atoms with Gasteiger partial charge in [0.1, 0.15) is 6.61 Å². The molecule has 0 amide bonds. The minimum atomic E-state index is -4.23. The molecule has 0 rings (SSSR count). The molecular formula is C7H12F5NO. The first-order valence-electron chi connectivity index (χ1n) is 4.05. The summed E-state index contributed by atoms with van der Waals surface area (Å²) in [4.78, 5) is 0. The molecule has 0 aliphatic carbocycles. The zero-order chi connectivity index (χ0) is 11.0. The average molecular weight is 221 g/mol. The standard InChI is InChI=1S/C7H12F5NO/c8-6(9)4-14-3-1-2-13-5-7(10,11)12/h6,13H,1-5H2. The van der Waals surface area contributed by atoms with Crippen molar-refractivity contribution in [3.8, 4) is 0 Å². The van der Waals surface area contributed by atoms with E-state index in [2.05, 4.69) is 10.1 Å². The van der Waals surface area contributed by atoms with Crippen LogP contribution in [0.15, 0.2) is 0 Å². The number of hydrogen-bond acceptors (Lipinski definition) is 2. The minimum Gasteiger partial charge on any atom is -0.375 e. The van der Waals surface area contributed by atoms with Crippen molar-refractivity contribution >= 4 is 0 Å². The third-order valence-electron chi connectivity index (χ3n) is 1.21. The highest BCUT2D eigenvalue weighted by molar-refractivity contribution is 4.55. The molecule has 7 heteroatoms. The molecule has 0 aliphatic heterocycles. The highest BCUT2D eigenvalue weighted by Crippen LogP contribution is 2.11. The SMILES string of the molecule is FC(F)COCCCNCC(F)(F)F. The minimum absolute atomic E-state index is 0.0369. The molecule has 86 valence electrons. The quantitative estimate of drug-likeness (QED) is 0.523. The first-order valence-corrected chi connectivity index (χ1v) is 4.05. The number of halogens is 5. The van der Waals surface area contributed by atoms with Gasteiger partial charge < -0.3 is 10.1 Å². The van der Waals surface area contributed by atoms with Crippen molar-refractivity contribution in [3.63, 3.8) is 0 Å². The summed E-state index contributed by atoms with van der Waals surface area (Å²) in [6, 6.07) is 0. The predicted molar refractivity (Wildman–Crippen MR) is 40.4 cm³/mol. The second-order valence-electron chi connectivity index (χ2n) is 2.61. The highest BCUT2D eigenvalue weighted by Gasteiger charge is 2.25. The molecule has 0 unspecified atom stereocenters. The van der Waals surface area contributed by atoms with Crippen LogP contribution < -0.4 is 5.32 Å². The van der Waals surface area contributed by atoms with E-state index in [1.54, 1.807) is 0 Å². The molecule has 0 aromatic rings. The van der Waals surface area contributed by atoms with Gasteiger partial charge in [0.15, 0.2) is 0 Å². The molecule has 0 radical (unpaired) electrons. The first kappa shape index (κ1) is 13.6. The maximum absolute atomic E-state index is 11.5. The lowest BCUT2D eigenvalue weighted by Crippen LogP contribution is -2.29. The van der Waals surface area contributed by atoms with Crippen molar-refractivity contribution < 1.29 is 26.7 Å². The lowest BCUT2D eigenvalue weighted by molar-refractivity contribution is -0.124. The summed E-state index contributed by atoms with van der Waals surface area (Å²) >= 11 is 0. The van der Waals surface area contributed by atoms with Crippen LogP contribution in [-0.2, 0) is 4.74 Å². The van der Waals surface area contributed by atoms with Gasteiger partial charge in [0, 0.05) is 6.61 Å². The monoisotopic (exact) mass is 221 g/mol. The van der Waals surface area contributed by atoms with Crippen molar-refractivity contribution in [2.24, 2.45) is 0 Å². The summed E-state index contributed by atoms with van der Waals surface area (Å²) in [5.74, 6) is 0. The summed E-state index contributed by atoms with van der Waals surface area (Å²) in [6.45, 7) is -1.60. The molecule has 0 saturated carbocycles. The molecule has 0 atom stereocenters. The Kier molecular flexibility index (Phi) is 6.73. The van der Waals surface area contributed by atoms with Gasteiger partial charge in [-0.05, 0) is 13.0 Å². The van der Waals surface area contributed by atoms with Crippen molar-refractivity contribution in [1.29, 1.82) is 0 Å². The van der Waals surface area contributed by atoms with E-state index in [0.717, 1.165) is 0 Å². The fraction of sp³-hybridized carbons (Fsp3) is 1.00. The zero-order valence-corrected chi connectivity index (χ0v) is 7.41. The number of alkyl halides is 5. The highest BCUT2D eigenvalue weighted by atomic mass is 19.4. The van der Waals surface area contributed by atoms with Crippen LogP contribution in [0.1, 0.15) is 6.42 Å². The van der Waals surface area contributed by atoms with Crippen LogP contribution in [0.5, 0.6) is 0 Å². The van der Waals surface area contributed by atoms with Gasteiger partial charge in [0.05, 0.1) is 6.54 Å². The van der Waals surface area contributed by atoms with Gasteiger partial charge in [-0.25, -0.2) is 8.78 Å². The average Bonchev–Trinajstić information content (AvgIpc) is 2.00. The zero-order valence-electron chi connectivity index (χ0n) is 7.41. The molecule has 0 heterocycles. The Morgan fingerprint density at radius 1 is 1.21 bits per heavy atom. The maximum Gasteiger partial charge on any atom is 0.401 e. The van der Waals surface area contributed by atoms with E-state index >= 15 is 0 Å². The fourth-order valence-corrected chi connectivity index (χ4v) is 0.702. The summed E-state index contributed by atoms with van der Waals surface area (Å²) in [5, 5.41) is 2.12. The van der Waals surface area contributed by atoms with E-state index in [0.29, 0.717) is 0 Å². The van der Waals surface area contributed by atoms with Crippen LogP contribution in [0.3, 0.4) is 0 Å². The largest absolute Gasteiger partial charge is 0.401 e. The van der Waals surface area contributed by atoms with Crippen molar-refractivity contribution in [2.45, 2.75) is 19.0 Å². The predicted octanol–water partition coefficient (Wildman–Crippen LogP) is 1.81. The molecule has 1 N–H and O–H groups in total. The first-order chi connectivity index (χ1) is 6.42. The Balaban J connectivity index is 3.07. The smallest absolute Gasteiger partial charge is 0.375 e. The molecule has 0 saturated heterocycles. The van der Waals surface area contributed by atoms with E-state index in [4.69, 9.17) is 0 Å². The second kappa shape index (κ2) is 6.94. The number of nitrogens with one attached hydrogen (secondary N) is 1. The maximum atomic E-state index is 11.5. The third kappa shape index (κ3) is 11.6.